The zero-order valence-corrected chi connectivity index (χ0v) is 10.6. The molecule has 3 nitrogen and oxygen atoms in total. The maximum Gasteiger partial charge on any atom is 0.237 e. The van der Waals surface area contributed by atoms with Gasteiger partial charge in [-0.2, -0.15) is 0 Å². The Morgan fingerprint density at radius 1 is 1.38 bits per heavy atom. The van der Waals surface area contributed by atoms with Crippen molar-refractivity contribution in [1.29, 1.82) is 0 Å². The summed E-state index contributed by atoms with van der Waals surface area (Å²) in [5.41, 5.74) is 0.426. The summed E-state index contributed by atoms with van der Waals surface area (Å²) in [6.45, 7) is 6.88. The van der Waals surface area contributed by atoms with Crippen LogP contribution in [0.3, 0.4) is 0 Å². The first kappa shape index (κ1) is 11.9. The van der Waals surface area contributed by atoms with E-state index in [-0.39, 0.29) is 5.91 Å². The monoisotopic (exact) mass is 224 g/mol. The highest BCUT2D eigenvalue weighted by Crippen LogP contribution is 2.43. The Labute approximate surface area is 98.6 Å². The van der Waals surface area contributed by atoms with Gasteiger partial charge in [-0.25, -0.2) is 0 Å². The van der Waals surface area contributed by atoms with Gasteiger partial charge in [-0.15, -0.1) is 0 Å². The van der Waals surface area contributed by atoms with Crippen molar-refractivity contribution >= 4 is 5.91 Å². The normalized spacial score (nSPS) is 24.7. The number of hydrogen-bond acceptors (Lipinski definition) is 2. The Balaban J connectivity index is 1.99. The average molecular weight is 224 g/mol. The Bertz CT molecular complexity index is 257. The van der Waals surface area contributed by atoms with Gasteiger partial charge in [0.15, 0.2) is 0 Å². The Morgan fingerprint density at radius 3 is 2.56 bits per heavy atom. The smallest absolute Gasteiger partial charge is 0.237 e. The van der Waals surface area contributed by atoms with Gasteiger partial charge in [-0.05, 0) is 30.6 Å². The molecule has 1 saturated carbocycles. The van der Waals surface area contributed by atoms with E-state index in [4.69, 9.17) is 0 Å². The van der Waals surface area contributed by atoms with Crippen molar-refractivity contribution in [2.24, 2.45) is 11.3 Å². The van der Waals surface area contributed by atoms with E-state index in [1.54, 1.807) is 0 Å². The number of rotatable bonds is 4. The molecule has 2 rings (SSSR count). The summed E-state index contributed by atoms with van der Waals surface area (Å²) < 4.78 is 0. The van der Waals surface area contributed by atoms with Crippen molar-refractivity contribution in [2.75, 3.05) is 19.8 Å². The van der Waals surface area contributed by atoms with Crippen molar-refractivity contribution in [1.82, 2.24) is 10.2 Å². The van der Waals surface area contributed by atoms with Crippen LogP contribution in [-0.4, -0.2) is 30.6 Å². The third-order valence-electron chi connectivity index (χ3n) is 3.96. The van der Waals surface area contributed by atoms with Crippen molar-refractivity contribution in [3.8, 4) is 0 Å². The first-order valence-electron chi connectivity index (χ1n) is 6.60. The van der Waals surface area contributed by atoms with Crippen LogP contribution in [0.1, 0.15) is 46.0 Å². The highest BCUT2D eigenvalue weighted by molar-refractivity contribution is 5.80. The molecule has 1 aliphatic heterocycles. The molecule has 3 heteroatoms. The summed E-state index contributed by atoms with van der Waals surface area (Å²) >= 11 is 0. The van der Waals surface area contributed by atoms with Gasteiger partial charge in [0, 0.05) is 6.54 Å². The minimum atomic E-state index is 0.287. The molecule has 0 aromatic heterocycles. The molecule has 0 aromatic carbocycles. The second kappa shape index (κ2) is 4.74. The van der Waals surface area contributed by atoms with E-state index in [0.717, 1.165) is 19.1 Å². The molecule has 0 aromatic rings. The molecule has 0 bridgehead atoms. The SMILES string of the molecule is CC(C)CC1(CN2CNCC2=O)CCCC1. The molecular formula is C13H24N2O. The van der Waals surface area contributed by atoms with Gasteiger partial charge in [-0.3, -0.25) is 10.1 Å². The Hall–Kier alpha value is -0.570. The summed E-state index contributed by atoms with van der Waals surface area (Å²) in [7, 11) is 0. The number of carbonyl (C=O) groups is 1. The van der Waals surface area contributed by atoms with E-state index in [0.29, 0.717) is 12.0 Å². The third-order valence-corrected chi connectivity index (χ3v) is 3.96. The van der Waals surface area contributed by atoms with E-state index in [2.05, 4.69) is 19.2 Å². The summed E-state index contributed by atoms with van der Waals surface area (Å²) in [6, 6.07) is 0. The lowest BCUT2D eigenvalue weighted by Gasteiger charge is -2.34. The highest BCUT2D eigenvalue weighted by Gasteiger charge is 2.37. The van der Waals surface area contributed by atoms with Crippen LogP contribution in [0.2, 0.25) is 0 Å². The Morgan fingerprint density at radius 2 is 2.06 bits per heavy atom. The van der Waals surface area contributed by atoms with Crippen molar-refractivity contribution < 1.29 is 4.79 Å². The van der Waals surface area contributed by atoms with Gasteiger partial charge >= 0.3 is 0 Å². The quantitative estimate of drug-likeness (QED) is 0.792. The van der Waals surface area contributed by atoms with E-state index in [1.807, 2.05) is 4.90 Å². The standard InChI is InChI=1S/C13H24N2O/c1-11(2)7-13(5-3-4-6-13)9-15-10-14-8-12(15)16/h11,14H,3-10H2,1-2H3. The van der Waals surface area contributed by atoms with Gasteiger partial charge in [-0.1, -0.05) is 26.7 Å². The highest BCUT2D eigenvalue weighted by atomic mass is 16.2. The van der Waals surface area contributed by atoms with Gasteiger partial charge in [0.2, 0.25) is 5.91 Å². The molecule has 2 fully saturated rings. The molecule has 1 aliphatic carbocycles. The maximum absolute atomic E-state index is 11.7. The van der Waals surface area contributed by atoms with E-state index in [9.17, 15) is 4.79 Å². The third kappa shape index (κ3) is 2.57. The summed E-state index contributed by atoms with van der Waals surface area (Å²) in [6.07, 6.45) is 6.60. The lowest BCUT2D eigenvalue weighted by molar-refractivity contribution is -0.128. The number of carbonyl (C=O) groups excluding carboxylic acids is 1. The van der Waals surface area contributed by atoms with Crippen LogP contribution in [-0.2, 0) is 4.79 Å². The molecule has 1 heterocycles. The van der Waals surface area contributed by atoms with Crippen molar-refractivity contribution in [3.63, 3.8) is 0 Å². The predicted molar refractivity (Wildman–Crippen MR) is 64.9 cm³/mol. The van der Waals surface area contributed by atoms with Crippen LogP contribution < -0.4 is 5.32 Å². The molecular weight excluding hydrogens is 200 g/mol. The molecule has 1 N–H and O–H groups in total. The van der Waals surface area contributed by atoms with Crippen LogP contribution in [0.25, 0.3) is 0 Å². The fraction of sp³-hybridized carbons (Fsp3) is 0.923. The fourth-order valence-electron chi connectivity index (χ4n) is 3.46. The van der Waals surface area contributed by atoms with E-state index >= 15 is 0 Å². The minimum absolute atomic E-state index is 0.287. The van der Waals surface area contributed by atoms with Gasteiger partial charge in [0.25, 0.3) is 0 Å². The minimum Gasteiger partial charge on any atom is -0.328 e. The lowest BCUT2D eigenvalue weighted by atomic mass is 9.78. The predicted octanol–water partition coefficient (Wildman–Crippen LogP) is 1.98. The largest absolute Gasteiger partial charge is 0.328 e. The topological polar surface area (TPSA) is 32.3 Å². The maximum atomic E-state index is 11.7. The fourth-order valence-corrected chi connectivity index (χ4v) is 3.46. The first-order valence-corrected chi connectivity index (χ1v) is 6.60. The van der Waals surface area contributed by atoms with Gasteiger partial charge < -0.3 is 4.90 Å². The van der Waals surface area contributed by atoms with E-state index in [1.165, 1.54) is 32.1 Å². The number of amides is 1. The van der Waals surface area contributed by atoms with Crippen molar-refractivity contribution in [3.05, 3.63) is 0 Å². The van der Waals surface area contributed by atoms with Crippen molar-refractivity contribution in [2.45, 2.75) is 46.0 Å². The van der Waals surface area contributed by atoms with E-state index < -0.39 is 0 Å². The van der Waals surface area contributed by atoms with Crippen LogP contribution in [0.15, 0.2) is 0 Å². The summed E-state index contributed by atoms with van der Waals surface area (Å²) in [5.74, 6) is 1.03. The van der Waals surface area contributed by atoms with Crippen LogP contribution in [0.4, 0.5) is 0 Å². The molecule has 1 amide bonds. The number of nitrogens with zero attached hydrogens (tertiary/aromatic N) is 1. The lowest BCUT2D eigenvalue weighted by Crippen LogP contribution is -2.38. The zero-order chi connectivity index (χ0) is 11.6. The number of hydrogen-bond donors (Lipinski definition) is 1. The van der Waals surface area contributed by atoms with Gasteiger partial charge in [0.05, 0.1) is 13.2 Å². The molecule has 0 spiro atoms. The molecule has 0 unspecified atom stereocenters. The molecule has 92 valence electrons. The molecule has 2 aliphatic rings. The summed E-state index contributed by atoms with van der Waals surface area (Å²) in [5, 5.41) is 3.14. The van der Waals surface area contributed by atoms with Crippen LogP contribution >= 0.6 is 0 Å². The summed E-state index contributed by atoms with van der Waals surface area (Å²) in [4.78, 5) is 13.7. The van der Waals surface area contributed by atoms with Gasteiger partial charge in [0.1, 0.15) is 0 Å². The second-order valence-electron chi connectivity index (χ2n) is 5.98. The van der Waals surface area contributed by atoms with Crippen LogP contribution in [0, 0.1) is 11.3 Å². The molecule has 1 saturated heterocycles. The second-order valence-corrected chi connectivity index (χ2v) is 5.98. The molecule has 0 radical (unpaired) electrons. The van der Waals surface area contributed by atoms with Crippen LogP contribution in [0.5, 0.6) is 0 Å². The average Bonchev–Trinajstić information content (AvgIpc) is 2.77. The zero-order valence-electron chi connectivity index (χ0n) is 10.6. The first-order chi connectivity index (χ1) is 7.61. The molecule has 16 heavy (non-hydrogen) atoms. The Kier molecular flexibility index (Phi) is 3.53. The molecule has 0 atom stereocenters. The number of nitrogens with one attached hydrogen (secondary N) is 1.